The van der Waals surface area contributed by atoms with Gasteiger partial charge in [-0.3, -0.25) is 19.2 Å². The first-order valence-corrected chi connectivity index (χ1v) is 8.99. The molecule has 2 amide bonds. The molecule has 0 aliphatic carbocycles. The summed E-state index contributed by atoms with van der Waals surface area (Å²) in [6.07, 6.45) is 0. The lowest BCUT2D eigenvalue weighted by atomic mass is 10.1. The van der Waals surface area contributed by atoms with E-state index < -0.39 is 6.04 Å². The molecule has 1 atom stereocenters. The van der Waals surface area contributed by atoms with Gasteiger partial charge in [-0.05, 0) is 52.8 Å². The normalized spacial score (nSPS) is 12.1. The van der Waals surface area contributed by atoms with Crippen molar-refractivity contribution in [1.29, 1.82) is 0 Å². The summed E-state index contributed by atoms with van der Waals surface area (Å²) < 4.78 is 1.73. The minimum absolute atomic E-state index is 0.118. The zero-order chi connectivity index (χ0) is 20.3. The molecule has 2 aromatic rings. The van der Waals surface area contributed by atoms with Crippen molar-refractivity contribution in [1.82, 2.24) is 14.7 Å². The van der Waals surface area contributed by atoms with Crippen molar-refractivity contribution in [3.63, 3.8) is 0 Å². The molecule has 0 saturated heterocycles. The van der Waals surface area contributed by atoms with Crippen LogP contribution in [-0.2, 0) is 16.6 Å². The van der Waals surface area contributed by atoms with Gasteiger partial charge in [0.2, 0.25) is 11.8 Å². The third-order valence-electron chi connectivity index (χ3n) is 4.94. The van der Waals surface area contributed by atoms with Crippen molar-refractivity contribution in [3.8, 4) is 0 Å². The van der Waals surface area contributed by atoms with Crippen LogP contribution in [0.3, 0.4) is 0 Å². The molecule has 0 radical (unpaired) electrons. The summed E-state index contributed by atoms with van der Waals surface area (Å²) in [5.74, 6) is -0.320. The number of para-hydroxylation sites is 1. The zero-order valence-electron chi connectivity index (χ0n) is 17.2. The fourth-order valence-corrected chi connectivity index (χ4v) is 2.94. The van der Waals surface area contributed by atoms with Crippen LogP contribution in [-0.4, -0.2) is 46.1 Å². The number of aryl methyl sites for hydroxylation is 4. The topological polar surface area (TPSA) is 79.3 Å². The number of nitrogens with zero attached hydrogens (tertiary/aromatic N) is 3. The largest absolute Gasteiger partial charge is 0.324 e. The number of aromatic nitrogens is 2. The number of hydrogen-bond acceptors (Lipinski definition) is 4. The van der Waals surface area contributed by atoms with Crippen molar-refractivity contribution >= 4 is 23.2 Å². The first-order chi connectivity index (χ1) is 12.6. The van der Waals surface area contributed by atoms with Crippen LogP contribution in [0, 0.1) is 27.7 Å². The lowest BCUT2D eigenvalue weighted by Gasteiger charge is -2.23. The summed E-state index contributed by atoms with van der Waals surface area (Å²) in [6.45, 7) is 9.58. The number of carbonyl (C=O) groups excluding carboxylic acids is 2. The van der Waals surface area contributed by atoms with Crippen LogP contribution in [0.25, 0.3) is 0 Å². The minimum atomic E-state index is -0.465. The van der Waals surface area contributed by atoms with Gasteiger partial charge in [0.05, 0.1) is 29.7 Å². The third-order valence-corrected chi connectivity index (χ3v) is 4.94. The number of hydrogen-bond donors (Lipinski definition) is 2. The van der Waals surface area contributed by atoms with Gasteiger partial charge in [-0.1, -0.05) is 18.2 Å². The van der Waals surface area contributed by atoms with E-state index in [-0.39, 0.29) is 18.4 Å². The van der Waals surface area contributed by atoms with Gasteiger partial charge >= 0.3 is 0 Å². The Bertz CT molecular complexity index is 836. The lowest BCUT2D eigenvalue weighted by Crippen LogP contribution is -2.43. The van der Waals surface area contributed by atoms with Gasteiger partial charge in [0.15, 0.2) is 0 Å². The second-order valence-electron chi connectivity index (χ2n) is 7.06. The Balaban J connectivity index is 1.99. The summed E-state index contributed by atoms with van der Waals surface area (Å²) in [4.78, 5) is 26.7. The molecule has 0 bridgehead atoms. The quantitative estimate of drug-likeness (QED) is 0.818. The van der Waals surface area contributed by atoms with Crippen LogP contribution >= 0.6 is 0 Å². The van der Waals surface area contributed by atoms with Crippen LogP contribution in [0.2, 0.25) is 0 Å². The van der Waals surface area contributed by atoms with Crippen molar-refractivity contribution < 1.29 is 9.59 Å². The second-order valence-corrected chi connectivity index (χ2v) is 7.06. The van der Waals surface area contributed by atoms with Crippen molar-refractivity contribution in [2.45, 2.75) is 40.7 Å². The van der Waals surface area contributed by atoms with E-state index in [4.69, 9.17) is 0 Å². The van der Waals surface area contributed by atoms with Crippen LogP contribution in [0.4, 0.5) is 11.4 Å². The number of rotatable bonds is 6. The third kappa shape index (κ3) is 4.74. The van der Waals surface area contributed by atoms with Gasteiger partial charge in [-0.15, -0.1) is 0 Å². The van der Waals surface area contributed by atoms with E-state index in [9.17, 15) is 9.59 Å². The van der Waals surface area contributed by atoms with E-state index in [1.165, 1.54) is 0 Å². The molecule has 1 aromatic heterocycles. The highest BCUT2D eigenvalue weighted by atomic mass is 16.2. The average molecular weight is 371 g/mol. The minimum Gasteiger partial charge on any atom is -0.324 e. The van der Waals surface area contributed by atoms with E-state index in [0.717, 1.165) is 33.9 Å². The van der Waals surface area contributed by atoms with Crippen LogP contribution in [0.5, 0.6) is 0 Å². The van der Waals surface area contributed by atoms with Gasteiger partial charge in [0.25, 0.3) is 0 Å². The molecular formula is C20H29N5O2. The molecule has 1 unspecified atom stereocenters. The number of nitrogens with one attached hydrogen (secondary N) is 2. The fourth-order valence-electron chi connectivity index (χ4n) is 2.94. The van der Waals surface area contributed by atoms with E-state index >= 15 is 0 Å². The molecule has 27 heavy (non-hydrogen) atoms. The Labute approximate surface area is 160 Å². The maximum atomic E-state index is 12.6. The molecule has 7 nitrogen and oxygen atoms in total. The molecule has 0 aliphatic rings. The number of amides is 2. The maximum absolute atomic E-state index is 12.6. The van der Waals surface area contributed by atoms with E-state index in [0.29, 0.717) is 0 Å². The summed E-state index contributed by atoms with van der Waals surface area (Å²) in [5.41, 5.74) is 5.24. The predicted octanol–water partition coefficient (Wildman–Crippen LogP) is 2.55. The average Bonchev–Trinajstić information content (AvgIpc) is 2.83. The molecule has 2 rings (SSSR count). The Morgan fingerprint density at radius 2 is 1.70 bits per heavy atom. The van der Waals surface area contributed by atoms with E-state index in [1.807, 2.05) is 52.9 Å². The first-order valence-electron chi connectivity index (χ1n) is 8.99. The second kappa shape index (κ2) is 8.35. The number of likely N-dealkylation sites (N-methyl/N-ethyl adjacent to an activating group) is 1. The summed E-state index contributed by atoms with van der Waals surface area (Å²) in [5, 5.41) is 10.2. The van der Waals surface area contributed by atoms with Gasteiger partial charge in [0.1, 0.15) is 0 Å². The Morgan fingerprint density at radius 3 is 2.22 bits per heavy atom. The molecule has 146 valence electrons. The predicted molar refractivity (Wildman–Crippen MR) is 108 cm³/mol. The number of carbonyl (C=O) groups is 2. The smallest absolute Gasteiger partial charge is 0.241 e. The van der Waals surface area contributed by atoms with Crippen LogP contribution < -0.4 is 10.6 Å². The highest BCUT2D eigenvalue weighted by molar-refractivity contribution is 5.97. The molecule has 1 aromatic carbocycles. The van der Waals surface area contributed by atoms with Gasteiger partial charge in [-0.25, -0.2) is 0 Å². The summed E-state index contributed by atoms with van der Waals surface area (Å²) in [7, 11) is 3.60. The summed E-state index contributed by atoms with van der Waals surface area (Å²) >= 11 is 0. The van der Waals surface area contributed by atoms with Crippen molar-refractivity contribution in [3.05, 3.63) is 40.7 Å². The first kappa shape index (κ1) is 20.6. The number of benzene rings is 1. The van der Waals surface area contributed by atoms with Gasteiger partial charge < -0.3 is 10.6 Å². The summed E-state index contributed by atoms with van der Waals surface area (Å²) in [6, 6.07) is 5.41. The molecular weight excluding hydrogens is 342 g/mol. The van der Waals surface area contributed by atoms with Crippen molar-refractivity contribution in [2.75, 3.05) is 24.2 Å². The standard InChI is InChI=1S/C20H29N5O2/c1-12-9-8-10-13(2)18(12)21-17(26)11-24(6)16(5)20(27)22-19-14(3)23-25(7)15(19)4/h8-10,16H,11H2,1-7H3,(H,21,26)(H,22,27). The lowest BCUT2D eigenvalue weighted by molar-refractivity contribution is -0.122. The molecule has 0 spiro atoms. The Morgan fingerprint density at radius 1 is 1.11 bits per heavy atom. The number of anilines is 2. The van der Waals surface area contributed by atoms with Gasteiger partial charge in [-0.2, -0.15) is 5.10 Å². The molecule has 0 saturated carbocycles. The molecule has 0 aliphatic heterocycles. The van der Waals surface area contributed by atoms with Crippen LogP contribution in [0.15, 0.2) is 18.2 Å². The SMILES string of the molecule is Cc1cccc(C)c1NC(=O)CN(C)C(C)C(=O)Nc1c(C)nn(C)c1C. The maximum Gasteiger partial charge on any atom is 0.241 e. The Hall–Kier alpha value is -2.67. The molecule has 7 heteroatoms. The van der Waals surface area contributed by atoms with E-state index in [2.05, 4.69) is 15.7 Å². The molecule has 0 fully saturated rings. The van der Waals surface area contributed by atoms with Crippen LogP contribution in [0.1, 0.15) is 29.4 Å². The van der Waals surface area contributed by atoms with E-state index in [1.54, 1.807) is 23.6 Å². The van der Waals surface area contributed by atoms with Gasteiger partial charge in [0, 0.05) is 12.7 Å². The molecule has 2 N–H and O–H groups in total. The highest BCUT2D eigenvalue weighted by Gasteiger charge is 2.22. The zero-order valence-corrected chi connectivity index (χ0v) is 17.2. The van der Waals surface area contributed by atoms with Crippen molar-refractivity contribution in [2.24, 2.45) is 7.05 Å². The monoisotopic (exact) mass is 371 g/mol. The Kier molecular flexibility index (Phi) is 6.38. The highest BCUT2D eigenvalue weighted by Crippen LogP contribution is 2.20. The molecule has 1 heterocycles. The fraction of sp³-hybridized carbons (Fsp3) is 0.450.